The summed E-state index contributed by atoms with van der Waals surface area (Å²) in [5.74, 6) is -1.51. The standard InChI is InChI=1S/C25H24Cl2FN3O3S/c1-16-4-3-5-20(12-16)31-11-10-30(15-17(31)2)35(33,34)24-13-18(6-9-23(24)28)25(32)29-19-7-8-21(26)22(27)14-19/h3-9,12-14,17H,10-11,15H2,1-2H3,(H,29,32). The SMILES string of the molecule is Cc1cccc(N2CCN(S(=O)(=O)c3cc(C(=O)Nc4ccc(Cl)c(Cl)c4)ccc3F)CC2C)c1. The number of hydrogen-bond acceptors (Lipinski definition) is 4. The van der Waals surface area contributed by atoms with Crippen LogP contribution in [0.15, 0.2) is 65.6 Å². The summed E-state index contributed by atoms with van der Waals surface area (Å²) in [6.45, 7) is 4.78. The molecule has 0 bridgehead atoms. The first-order valence-electron chi connectivity index (χ1n) is 11.0. The molecule has 1 N–H and O–H groups in total. The molecule has 184 valence electrons. The van der Waals surface area contributed by atoms with Gasteiger partial charge in [-0.25, -0.2) is 12.8 Å². The summed E-state index contributed by atoms with van der Waals surface area (Å²) >= 11 is 11.9. The predicted octanol–water partition coefficient (Wildman–Crippen LogP) is 5.59. The van der Waals surface area contributed by atoms with Gasteiger partial charge in [-0.2, -0.15) is 4.31 Å². The number of hydrogen-bond donors (Lipinski definition) is 1. The van der Waals surface area contributed by atoms with Crippen LogP contribution in [0.5, 0.6) is 0 Å². The third-order valence-corrected chi connectivity index (χ3v) is 8.53. The van der Waals surface area contributed by atoms with Crippen molar-refractivity contribution >= 4 is 50.5 Å². The van der Waals surface area contributed by atoms with Crippen LogP contribution in [-0.2, 0) is 10.0 Å². The average molecular weight is 536 g/mol. The number of amides is 1. The monoisotopic (exact) mass is 535 g/mol. The Morgan fingerprint density at radius 2 is 1.80 bits per heavy atom. The fraction of sp³-hybridized carbons (Fsp3) is 0.240. The lowest BCUT2D eigenvalue weighted by Crippen LogP contribution is -2.53. The Balaban J connectivity index is 1.54. The van der Waals surface area contributed by atoms with E-state index in [0.29, 0.717) is 17.3 Å². The Morgan fingerprint density at radius 3 is 2.49 bits per heavy atom. The topological polar surface area (TPSA) is 69.7 Å². The van der Waals surface area contributed by atoms with Crippen LogP contribution in [0.2, 0.25) is 10.0 Å². The quantitative estimate of drug-likeness (QED) is 0.462. The van der Waals surface area contributed by atoms with E-state index in [2.05, 4.69) is 16.3 Å². The molecule has 3 aromatic rings. The molecule has 0 saturated carbocycles. The van der Waals surface area contributed by atoms with Crippen molar-refractivity contribution in [3.63, 3.8) is 0 Å². The molecule has 0 aliphatic carbocycles. The number of sulfonamides is 1. The summed E-state index contributed by atoms with van der Waals surface area (Å²) in [5.41, 5.74) is 2.51. The zero-order chi connectivity index (χ0) is 25.3. The van der Waals surface area contributed by atoms with Crippen LogP contribution in [0, 0.1) is 12.7 Å². The number of halogens is 3. The molecular formula is C25H24Cl2FN3O3S. The lowest BCUT2D eigenvalue weighted by molar-refractivity contribution is 0.102. The molecule has 10 heteroatoms. The Kier molecular flexibility index (Phi) is 7.38. The van der Waals surface area contributed by atoms with Crippen LogP contribution in [0.4, 0.5) is 15.8 Å². The summed E-state index contributed by atoms with van der Waals surface area (Å²) in [4.78, 5) is 14.3. The molecule has 1 aliphatic rings. The van der Waals surface area contributed by atoms with Crippen LogP contribution in [0.3, 0.4) is 0 Å². The predicted molar refractivity (Wildman–Crippen MR) is 138 cm³/mol. The first-order chi connectivity index (χ1) is 16.6. The van der Waals surface area contributed by atoms with Crippen LogP contribution in [-0.4, -0.2) is 44.3 Å². The molecule has 4 rings (SSSR count). The number of carbonyl (C=O) groups is 1. The van der Waals surface area contributed by atoms with Gasteiger partial charge in [0.05, 0.1) is 10.0 Å². The van der Waals surface area contributed by atoms with Crippen LogP contribution < -0.4 is 10.2 Å². The second-order valence-corrected chi connectivity index (χ2v) is 11.2. The highest BCUT2D eigenvalue weighted by Crippen LogP contribution is 2.28. The Hall–Kier alpha value is -2.65. The van der Waals surface area contributed by atoms with Gasteiger partial charge in [-0.3, -0.25) is 4.79 Å². The van der Waals surface area contributed by atoms with Crippen molar-refractivity contribution in [3.8, 4) is 0 Å². The van der Waals surface area contributed by atoms with E-state index >= 15 is 0 Å². The minimum absolute atomic E-state index is 0.00231. The molecule has 0 aromatic heterocycles. The average Bonchev–Trinajstić information content (AvgIpc) is 2.81. The first-order valence-corrected chi connectivity index (χ1v) is 13.2. The number of nitrogens with one attached hydrogen (secondary N) is 1. The molecule has 6 nitrogen and oxygen atoms in total. The van der Waals surface area contributed by atoms with Crippen molar-refractivity contribution in [2.75, 3.05) is 29.9 Å². The maximum absolute atomic E-state index is 14.7. The van der Waals surface area contributed by atoms with Gasteiger partial charge in [-0.1, -0.05) is 35.3 Å². The van der Waals surface area contributed by atoms with Gasteiger partial charge in [0.1, 0.15) is 10.7 Å². The molecule has 3 aromatic carbocycles. The van der Waals surface area contributed by atoms with Gasteiger partial charge in [0.15, 0.2) is 0 Å². The number of aryl methyl sites for hydroxylation is 1. The molecular weight excluding hydrogens is 512 g/mol. The van der Waals surface area contributed by atoms with Crippen LogP contribution in [0.1, 0.15) is 22.8 Å². The number of nitrogens with zero attached hydrogens (tertiary/aromatic N) is 2. The van der Waals surface area contributed by atoms with Crippen molar-refractivity contribution in [3.05, 3.63) is 87.7 Å². The highest BCUT2D eigenvalue weighted by atomic mass is 35.5. The van der Waals surface area contributed by atoms with Crippen LogP contribution in [0.25, 0.3) is 0 Å². The largest absolute Gasteiger partial charge is 0.366 e. The summed E-state index contributed by atoms with van der Waals surface area (Å²) in [5, 5.41) is 3.21. The van der Waals surface area contributed by atoms with Crippen molar-refractivity contribution < 1.29 is 17.6 Å². The summed E-state index contributed by atoms with van der Waals surface area (Å²) in [6.07, 6.45) is 0. The highest BCUT2D eigenvalue weighted by molar-refractivity contribution is 7.89. The van der Waals surface area contributed by atoms with E-state index in [4.69, 9.17) is 23.2 Å². The Bertz CT molecular complexity index is 1380. The van der Waals surface area contributed by atoms with Crippen molar-refractivity contribution in [2.24, 2.45) is 0 Å². The molecule has 1 atom stereocenters. The zero-order valence-corrected chi connectivity index (χ0v) is 21.5. The summed E-state index contributed by atoms with van der Waals surface area (Å²) in [6, 6.07) is 15.7. The maximum Gasteiger partial charge on any atom is 0.255 e. The van der Waals surface area contributed by atoms with Gasteiger partial charge in [0.25, 0.3) is 5.91 Å². The van der Waals surface area contributed by atoms with Crippen molar-refractivity contribution in [1.82, 2.24) is 4.31 Å². The minimum atomic E-state index is -4.17. The second kappa shape index (κ2) is 10.1. The van der Waals surface area contributed by atoms with E-state index in [-0.39, 0.29) is 29.7 Å². The van der Waals surface area contributed by atoms with E-state index < -0.39 is 26.6 Å². The number of benzene rings is 3. The molecule has 35 heavy (non-hydrogen) atoms. The number of anilines is 2. The Labute approximate surface area is 214 Å². The fourth-order valence-electron chi connectivity index (χ4n) is 4.09. The molecule has 1 amide bonds. The van der Waals surface area contributed by atoms with Crippen LogP contribution >= 0.6 is 23.2 Å². The molecule has 1 unspecified atom stereocenters. The minimum Gasteiger partial charge on any atom is -0.366 e. The molecule has 0 radical (unpaired) electrons. The van der Waals surface area contributed by atoms with E-state index in [1.165, 1.54) is 22.5 Å². The van der Waals surface area contributed by atoms with Gasteiger partial charge in [-0.15, -0.1) is 0 Å². The van der Waals surface area contributed by atoms with Crippen molar-refractivity contribution in [2.45, 2.75) is 24.8 Å². The Morgan fingerprint density at radius 1 is 1.03 bits per heavy atom. The lowest BCUT2D eigenvalue weighted by Gasteiger charge is -2.40. The highest BCUT2D eigenvalue weighted by Gasteiger charge is 2.34. The number of rotatable bonds is 5. The van der Waals surface area contributed by atoms with Gasteiger partial charge in [0.2, 0.25) is 10.0 Å². The third kappa shape index (κ3) is 5.46. The summed E-state index contributed by atoms with van der Waals surface area (Å²) in [7, 11) is -4.17. The lowest BCUT2D eigenvalue weighted by atomic mass is 10.1. The molecule has 1 fully saturated rings. The summed E-state index contributed by atoms with van der Waals surface area (Å²) < 4.78 is 42.7. The smallest absolute Gasteiger partial charge is 0.255 e. The van der Waals surface area contributed by atoms with Gasteiger partial charge in [0, 0.05) is 42.6 Å². The molecule has 0 spiro atoms. The molecule has 1 aliphatic heterocycles. The first kappa shape index (κ1) is 25.4. The van der Waals surface area contributed by atoms with Crippen molar-refractivity contribution in [1.29, 1.82) is 0 Å². The zero-order valence-electron chi connectivity index (χ0n) is 19.1. The fourth-order valence-corrected chi connectivity index (χ4v) is 5.99. The number of carbonyl (C=O) groups excluding carboxylic acids is 1. The van der Waals surface area contributed by atoms with E-state index in [1.807, 2.05) is 32.0 Å². The van der Waals surface area contributed by atoms with Gasteiger partial charge >= 0.3 is 0 Å². The van der Waals surface area contributed by atoms with E-state index in [9.17, 15) is 17.6 Å². The van der Waals surface area contributed by atoms with E-state index in [0.717, 1.165) is 23.4 Å². The third-order valence-electron chi connectivity index (χ3n) is 5.91. The number of piperazine rings is 1. The second-order valence-electron chi connectivity index (χ2n) is 8.47. The van der Waals surface area contributed by atoms with E-state index in [1.54, 1.807) is 6.07 Å². The normalized spacial score (nSPS) is 16.8. The molecule has 1 saturated heterocycles. The molecule has 1 heterocycles. The van der Waals surface area contributed by atoms with Gasteiger partial charge in [-0.05, 0) is 67.9 Å². The maximum atomic E-state index is 14.7. The van der Waals surface area contributed by atoms with Gasteiger partial charge < -0.3 is 10.2 Å².